The van der Waals surface area contributed by atoms with Gasteiger partial charge in [-0.25, -0.2) is 9.97 Å². The summed E-state index contributed by atoms with van der Waals surface area (Å²) < 4.78 is 1.74. The Balaban J connectivity index is 2.18. The Morgan fingerprint density at radius 2 is 1.89 bits per heavy atom. The predicted molar refractivity (Wildman–Crippen MR) is 72.8 cm³/mol. The normalized spacial score (nSPS) is 12.2. The fourth-order valence-electron chi connectivity index (χ4n) is 1.69. The van der Waals surface area contributed by atoms with Gasteiger partial charge in [0.05, 0.1) is 0 Å². The van der Waals surface area contributed by atoms with Gasteiger partial charge < -0.3 is 5.73 Å². The van der Waals surface area contributed by atoms with E-state index < -0.39 is 0 Å². The second-order valence-electron chi connectivity index (χ2n) is 5.17. The fourth-order valence-corrected chi connectivity index (χ4v) is 2.54. The molecule has 3 rings (SSSR count). The first kappa shape index (κ1) is 12.0. The van der Waals surface area contributed by atoms with Gasteiger partial charge in [-0.15, -0.1) is 10.2 Å². The van der Waals surface area contributed by atoms with E-state index in [9.17, 15) is 0 Å². The molecule has 8 heteroatoms. The smallest absolute Gasteiger partial charge is 0.235 e. The molecule has 0 radical (unpaired) electrons. The van der Waals surface area contributed by atoms with Crippen LogP contribution in [-0.4, -0.2) is 29.8 Å². The zero-order chi connectivity index (χ0) is 13.6. The number of nitrogens with zero attached hydrogens (tertiary/aromatic N) is 6. The summed E-state index contributed by atoms with van der Waals surface area (Å²) in [4.78, 5) is 8.96. The SMILES string of the molecule is CC(C)(C)c1nnc2sc(-c3nccnc3N)nn12. The molecule has 0 aliphatic heterocycles. The third kappa shape index (κ3) is 1.93. The van der Waals surface area contributed by atoms with Crippen LogP contribution >= 0.6 is 11.3 Å². The van der Waals surface area contributed by atoms with Gasteiger partial charge in [-0.05, 0) is 0 Å². The van der Waals surface area contributed by atoms with Crippen molar-refractivity contribution in [2.45, 2.75) is 26.2 Å². The van der Waals surface area contributed by atoms with Crippen LogP contribution in [0.1, 0.15) is 26.6 Å². The molecule has 0 unspecified atom stereocenters. The van der Waals surface area contributed by atoms with Gasteiger partial charge in [-0.3, -0.25) is 0 Å². The first-order chi connectivity index (χ1) is 8.97. The van der Waals surface area contributed by atoms with Gasteiger partial charge in [0.25, 0.3) is 0 Å². The van der Waals surface area contributed by atoms with Crippen LogP contribution in [0.25, 0.3) is 15.7 Å². The summed E-state index contributed by atoms with van der Waals surface area (Å²) in [7, 11) is 0. The van der Waals surface area contributed by atoms with Crippen molar-refractivity contribution in [2.24, 2.45) is 0 Å². The van der Waals surface area contributed by atoms with E-state index in [1.54, 1.807) is 16.9 Å². The Hall–Kier alpha value is -2.09. The Labute approximate surface area is 113 Å². The minimum absolute atomic E-state index is 0.126. The molecule has 0 aliphatic carbocycles. The number of hydrogen-bond donors (Lipinski definition) is 1. The molecule has 19 heavy (non-hydrogen) atoms. The molecule has 0 saturated heterocycles. The number of hydrogen-bond acceptors (Lipinski definition) is 7. The van der Waals surface area contributed by atoms with Gasteiger partial charge in [0, 0.05) is 17.8 Å². The molecule has 3 aromatic rings. The largest absolute Gasteiger partial charge is 0.382 e. The highest BCUT2D eigenvalue weighted by molar-refractivity contribution is 7.19. The molecule has 2 N–H and O–H groups in total. The van der Waals surface area contributed by atoms with Crippen molar-refractivity contribution in [1.29, 1.82) is 0 Å². The van der Waals surface area contributed by atoms with E-state index in [-0.39, 0.29) is 5.41 Å². The summed E-state index contributed by atoms with van der Waals surface area (Å²) in [5.41, 5.74) is 6.27. The first-order valence-corrected chi connectivity index (χ1v) is 6.58. The van der Waals surface area contributed by atoms with Crippen LogP contribution in [0, 0.1) is 0 Å². The van der Waals surface area contributed by atoms with Crippen molar-refractivity contribution >= 4 is 22.1 Å². The molecule has 0 fully saturated rings. The Morgan fingerprint density at radius 1 is 1.16 bits per heavy atom. The Kier molecular flexibility index (Phi) is 2.49. The minimum Gasteiger partial charge on any atom is -0.382 e. The second-order valence-corrected chi connectivity index (χ2v) is 6.12. The fraction of sp³-hybridized carbons (Fsp3) is 0.364. The maximum atomic E-state index is 5.81. The van der Waals surface area contributed by atoms with Crippen LogP contribution in [0.2, 0.25) is 0 Å². The van der Waals surface area contributed by atoms with E-state index in [2.05, 4.69) is 46.0 Å². The van der Waals surface area contributed by atoms with Gasteiger partial charge in [-0.2, -0.15) is 9.61 Å². The molecule has 98 valence electrons. The number of nitrogens with two attached hydrogens (primary N) is 1. The molecule has 3 aromatic heterocycles. The van der Waals surface area contributed by atoms with Crippen LogP contribution in [0.15, 0.2) is 12.4 Å². The average Bonchev–Trinajstić information content (AvgIpc) is 2.86. The van der Waals surface area contributed by atoms with E-state index in [0.717, 1.165) is 10.8 Å². The van der Waals surface area contributed by atoms with Gasteiger partial charge in [-0.1, -0.05) is 32.1 Å². The van der Waals surface area contributed by atoms with E-state index >= 15 is 0 Å². The number of nitrogen functional groups attached to an aromatic ring is 1. The third-order valence-electron chi connectivity index (χ3n) is 2.59. The monoisotopic (exact) mass is 275 g/mol. The van der Waals surface area contributed by atoms with E-state index in [0.29, 0.717) is 16.5 Å². The Morgan fingerprint density at radius 3 is 2.58 bits per heavy atom. The van der Waals surface area contributed by atoms with Gasteiger partial charge in [0.2, 0.25) is 4.96 Å². The van der Waals surface area contributed by atoms with Gasteiger partial charge >= 0.3 is 0 Å². The van der Waals surface area contributed by atoms with Crippen LogP contribution in [0.5, 0.6) is 0 Å². The first-order valence-electron chi connectivity index (χ1n) is 5.76. The summed E-state index contributed by atoms with van der Waals surface area (Å²) in [6, 6.07) is 0. The second kappa shape index (κ2) is 3.95. The summed E-state index contributed by atoms with van der Waals surface area (Å²) >= 11 is 1.40. The quantitative estimate of drug-likeness (QED) is 0.723. The van der Waals surface area contributed by atoms with Crippen molar-refractivity contribution in [2.75, 3.05) is 5.73 Å². The molecular formula is C11H13N7S. The summed E-state index contributed by atoms with van der Waals surface area (Å²) in [5.74, 6) is 1.18. The molecule has 0 aromatic carbocycles. The molecule has 7 nitrogen and oxygen atoms in total. The van der Waals surface area contributed by atoms with Crippen LogP contribution in [0.4, 0.5) is 5.82 Å². The number of rotatable bonds is 1. The number of aromatic nitrogens is 6. The maximum absolute atomic E-state index is 5.81. The summed E-state index contributed by atoms with van der Waals surface area (Å²) in [6.07, 6.45) is 3.15. The topological polar surface area (TPSA) is 94.9 Å². The highest BCUT2D eigenvalue weighted by atomic mass is 32.1. The van der Waals surface area contributed by atoms with Crippen molar-refractivity contribution in [3.63, 3.8) is 0 Å². The van der Waals surface area contributed by atoms with Crippen molar-refractivity contribution < 1.29 is 0 Å². The predicted octanol–water partition coefficient (Wildman–Crippen LogP) is 1.52. The van der Waals surface area contributed by atoms with Crippen LogP contribution < -0.4 is 5.73 Å². The van der Waals surface area contributed by atoms with E-state index in [1.807, 2.05) is 0 Å². The highest BCUT2D eigenvalue weighted by Gasteiger charge is 2.24. The lowest BCUT2D eigenvalue weighted by molar-refractivity contribution is 0.528. The zero-order valence-electron chi connectivity index (χ0n) is 10.8. The number of anilines is 1. The van der Waals surface area contributed by atoms with Crippen LogP contribution in [0.3, 0.4) is 0 Å². The van der Waals surface area contributed by atoms with Crippen molar-refractivity contribution in [1.82, 2.24) is 29.8 Å². The maximum Gasteiger partial charge on any atom is 0.235 e. The van der Waals surface area contributed by atoms with Crippen molar-refractivity contribution in [3.8, 4) is 10.7 Å². The molecule has 0 spiro atoms. The number of fused-ring (bicyclic) bond motifs is 1. The highest BCUT2D eigenvalue weighted by Crippen LogP contribution is 2.29. The Bertz CT molecular complexity index is 737. The standard InChI is InChI=1S/C11H13N7S/c1-11(2,3)9-15-16-10-18(9)17-8(19-10)6-7(12)14-5-4-13-6/h4-5H,1-3H3,(H2,12,14). The molecule has 3 heterocycles. The lowest BCUT2D eigenvalue weighted by Crippen LogP contribution is -2.16. The average molecular weight is 275 g/mol. The molecular weight excluding hydrogens is 262 g/mol. The van der Waals surface area contributed by atoms with Crippen molar-refractivity contribution in [3.05, 3.63) is 18.2 Å². The van der Waals surface area contributed by atoms with Gasteiger partial charge in [0.1, 0.15) is 5.69 Å². The summed E-state index contributed by atoms with van der Waals surface area (Å²) in [5, 5.41) is 13.5. The summed E-state index contributed by atoms with van der Waals surface area (Å²) in [6.45, 7) is 6.21. The minimum atomic E-state index is -0.126. The molecule has 0 atom stereocenters. The molecule has 0 amide bonds. The van der Waals surface area contributed by atoms with Crippen LogP contribution in [-0.2, 0) is 5.41 Å². The molecule has 0 bridgehead atoms. The zero-order valence-corrected chi connectivity index (χ0v) is 11.6. The van der Waals surface area contributed by atoms with E-state index in [4.69, 9.17) is 5.73 Å². The lowest BCUT2D eigenvalue weighted by atomic mass is 9.96. The molecule has 0 aliphatic rings. The molecule has 0 saturated carbocycles. The van der Waals surface area contributed by atoms with Gasteiger partial charge in [0.15, 0.2) is 16.6 Å². The third-order valence-corrected chi connectivity index (χ3v) is 3.50. The lowest BCUT2D eigenvalue weighted by Gasteiger charge is -2.13. The van der Waals surface area contributed by atoms with E-state index in [1.165, 1.54) is 11.3 Å².